The minimum atomic E-state index is -0.190. The summed E-state index contributed by atoms with van der Waals surface area (Å²) >= 11 is 14.4. The van der Waals surface area contributed by atoms with Gasteiger partial charge in [-0.3, -0.25) is 0 Å². The van der Waals surface area contributed by atoms with E-state index in [1.165, 1.54) is 16.0 Å². The summed E-state index contributed by atoms with van der Waals surface area (Å²) in [6, 6.07) is 13.3. The van der Waals surface area contributed by atoms with Gasteiger partial charge in [-0.2, -0.15) is 0 Å². The zero-order valence-corrected chi connectivity index (χ0v) is 29.5. The molecule has 0 saturated heterocycles. The van der Waals surface area contributed by atoms with Crippen molar-refractivity contribution < 1.29 is 30.3 Å². The Morgan fingerprint density at radius 3 is 1.26 bits per heavy atom. The molecule has 0 saturated carbocycles. The third-order valence-corrected chi connectivity index (χ3v) is 8.43. The molecule has 3 rings (SSSR count). The van der Waals surface area contributed by atoms with Crippen LogP contribution in [0.1, 0.15) is 127 Å². The van der Waals surface area contributed by atoms with Crippen LogP contribution in [-0.4, -0.2) is 0 Å². The van der Waals surface area contributed by atoms with E-state index in [4.69, 9.17) is 32.3 Å². The van der Waals surface area contributed by atoms with Crippen LogP contribution in [0.25, 0.3) is 0 Å². The maximum absolute atomic E-state index is 6.33. The summed E-state index contributed by atoms with van der Waals surface area (Å²) in [5.41, 5.74) is 6.12. The molecule has 3 aromatic rings. The van der Waals surface area contributed by atoms with Crippen LogP contribution in [0.3, 0.4) is 0 Å². The Balaban J connectivity index is 0.00000533. The van der Waals surface area contributed by atoms with Gasteiger partial charge < -0.3 is 8.58 Å². The van der Waals surface area contributed by atoms with E-state index in [2.05, 4.69) is 125 Å². The maximum Gasteiger partial charge on any atom is 0.154 e. The van der Waals surface area contributed by atoms with Crippen LogP contribution >= 0.6 is 35.1 Å². The second-order valence-electron chi connectivity index (χ2n) is 14.5. The first-order chi connectivity index (χ1) is 17.3. The van der Waals surface area contributed by atoms with Crippen LogP contribution in [0.15, 0.2) is 41.8 Å². The van der Waals surface area contributed by atoms with Gasteiger partial charge in [-0.05, 0) is 44.2 Å². The van der Waals surface area contributed by atoms with Gasteiger partial charge >= 0.3 is 0 Å². The first-order valence-electron chi connectivity index (χ1n) is 13.3. The molecule has 0 bridgehead atoms. The fourth-order valence-electron chi connectivity index (χ4n) is 4.81. The summed E-state index contributed by atoms with van der Waals surface area (Å²) < 4.78 is 11.5. The number of halogens is 2. The Bertz CT molecular complexity index is 1190. The third kappa shape index (κ3) is 7.46. The van der Waals surface area contributed by atoms with Crippen molar-refractivity contribution in [1.29, 1.82) is 0 Å². The van der Waals surface area contributed by atoms with Crippen LogP contribution in [-0.2, 0) is 43.4 Å². The van der Waals surface area contributed by atoms with E-state index in [1.807, 2.05) is 0 Å². The molecule has 39 heavy (non-hydrogen) atoms. The summed E-state index contributed by atoms with van der Waals surface area (Å²) in [6.07, 6.45) is 0. The van der Waals surface area contributed by atoms with E-state index in [0.29, 0.717) is 11.5 Å². The molecular weight excluding hydrogens is 579 g/mol. The molecule has 212 valence electrons. The van der Waals surface area contributed by atoms with Crippen molar-refractivity contribution in [2.24, 2.45) is 0 Å². The van der Waals surface area contributed by atoms with E-state index in [9.17, 15) is 0 Å². The Morgan fingerprint density at radius 2 is 1.00 bits per heavy atom. The molecule has 0 aliphatic rings. The first-order valence-corrected chi connectivity index (χ1v) is 14.8. The molecule has 0 spiro atoms. The first kappa shape index (κ1) is 34.2. The molecule has 1 aromatic heterocycles. The largest absolute Gasteiger partial charge is 0.385 e. The number of thiophene rings is 1. The fourth-order valence-corrected chi connectivity index (χ4v) is 6.02. The molecule has 0 N–H and O–H groups in total. The van der Waals surface area contributed by atoms with Gasteiger partial charge in [0.15, 0.2) is 11.5 Å². The normalized spacial score (nSPS) is 12.9. The van der Waals surface area contributed by atoms with Crippen LogP contribution in [0, 0.1) is 0 Å². The summed E-state index contributed by atoms with van der Waals surface area (Å²) in [4.78, 5) is 1.17. The van der Waals surface area contributed by atoms with Gasteiger partial charge in [0.25, 0.3) is 0 Å². The third-order valence-electron chi connectivity index (χ3n) is 7.19. The summed E-state index contributed by atoms with van der Waals surface area (Å²) in [5.74, 6) is 1.21. The standard InChI is InChI=1S/C33H44Cl2O2S.Ti/c1-30(2,3)20-16-22(28(36-34)24(18-20)32(7,8)9)27(26-14-13-15-38-26)23-17-21(31(4,5)6)19-25(29(23)37-35)33(10,11)12;/h13-19,27H,1-12H3;. The monoisotopic (exact) mass is 622 g/mol. The van der Waals surface area contributed by atoms with Crippen molar-refractivity contribution in [3.8, 4) is 11.5 Å². The molecule has 0 unspecified atom stereocenters. The van der Waals surface area contributed by atoms with E-state index in [0.717, 1.165) is 22.3 Å². The molecule has 0 aliphatic carbocycles. The summed E-state index contributed by atoms with van der Waals surface area (Å²) in [6.45, 7) is 26.6. The molecule has 0 fully saturated rings. The van der Waals surface area contributed by atoms with Crippen LogP contribution in [0.5, 0.6) is 11.5 Å². The minimum absolute atomic E-state index is 0. The molecule has 0 aliphatic heterocycles. The number of hydrogen-bond acceptors (Lipinski definition) is 3. The van der Waals surface area contributed by atoms with Crippen molar-refractivity contribution in [2.45, 2.75) is 111 Å². The number of rotatable bonds is 5. The van der Waals surface area contributed by atoms with Crippen LogP contribution in [0.4, 0.5) is 0 Å². The molecule has 2 aromatic carbocycles. The van der Waals surface area contributed by atoms with E-state index >= 15 is 0 Å². The Kier molecular flexibility index (Phi) is 10.6. The second kappa shape index (κ2) is 12.1. The molecular formula is C33H44Cl2O2STi. The molecule has 6 heteroatoms. The summed E-state index contributed by atoms with van der Waals surface area (Å²) in [7, 11) is 0. The molecule has 0 amide bonds. The average molecular weight is 624 g/mol. The van der Waals surface area contributed by atoms with Gasteiger partial charge in [-0.1, -0.05) is 113 Å². The zero-order valence-electron chi connectivity index (χ0n) is 25.6. The van der Waals surface area contributed by atoms with Gasteiger partial charge in [0, 0.05) is 48.8 Å². The van der Waals surface area contributed by atoms with E-state index in [-0.39, 0.29) is 49.3 Å². The summed E-state index contributed by atoms with van der Waals surface area (Å²) in [5, 5.41) is 2.11. The predicted octanol–water partition coefficient (Wildman–Crippen LogP) is 11.2. The van der Waals surface area contributed by atoms with Gasteiger partial charge in [0.1, 0.15) is 23.7 Å². The van der Waals surface area contributed by atoms with Crippen LogP contribution < -0.4 is 8.58 Å². The van der Waals surface area contributed by atoms with Gasteiger partial charge in [0.2, 0.25) is 0 Å². The second-order valence-corrected chi connectivity index (χ2v) is 15.8. The SMILES string of the molecule is CC(C)(C)c1cc(C(c2cccs2)c2cc(C(C)(C)C)cc(C(C)(C)C)c2OCl)c(OCl)c(C(C)(C)C)c1.[Ti]. The van der Waals surface area contributed by atoms with Gasteiger partial charge in [0.05, 0.1) is 5.92 Å². The minimum Gasteiger partial charge on any atom is -0.385 e. The number of benzene rings is 2. The fraction of sp³-hybridized carbons (Fsp3) is 0.515. The zero-order chi connectivity index (χ0) is 28.8. The smallest absolute Gasteiger partial charge is 0.154 e. The average Bonchev–Trinajstić information content (AvgIpc) is 3.30. The van der Waals surface area contributed by atoms with Crippen molar-refractivity contribution in [3.63, 3.8) is 0 Å². The van der Waals surface area contributed by atoms with Gasteiger partial charge in [-0.25, -0.2) is 0 Å². The van der Waals surface area contributed by atoms with Crippen LogP contribution in [0.2, 0.25) is 0 Å². The maximum atomic E-state index is 6.33. The Labute approximate surface area is 266 Å². The van der Waals surface area contributed by atoms with Crippen molar-refractivity contribution >= 4 is 35.1 Å². The van der Waals surface area contributed by atoms with E-state index in [1.54, 1.807) is 11.3 Å². The van der Waals surface area contributed by atoms with Crippen molar-refractivity contribution in [1.82, 2.24) is 0 Å². The topological polar surface area (TPSA) is 18.5 Å². The van der Waals surface area contributed by atoms with Gasteiger partial charge in [-0.15, -0.1) is 11.3 Å². The molecule has 0 radical (unpaired) electrons. The Morgan fingerprint density at radius 1 is 0.615 bits per heavy atom. The molecule has 0 atom stereocenters. The number of hydrogen-bond donors (Lipinski definition) is 0. The van der Waals surface area contributed by atoms with E-state index < -0.39 is 0 Å². The molecule has 1 heterocycles. The predicted molar refractivity (Wildman–Crippen MR) is 166 cm³/mol. The van der Waals surface area contributed by atoms with Crippen molar-refractivity contribution in [2.75, 3.05) is 0 Å². The Hall–Kier alpha value is -0.966. The molecule has 2 nitrogen and oxygen atoms in total. The quantitative estimate of drug-likeness (QED) is 0.263. The van der Waals surface area contributed by atoms with Crippen molar-refractivity contribution in [3.05, 3.63) is 80.0 Å².